The number of hydrogen-bond donors (Lipinski definition) is 0. The third kappa shape index (κ3) is 20.9. The highest BCUT2D eigenvalue weighted by atomic mass is 28.4. The minimum atomic E-state index is -2.61. The van der Waals surface area contributed by atoms with E-state index in [0.717, 1.165) is 36.8 Å². The second kappa shape index (κ2) is 30.3. The van der Waals surface area contributed by atoms with Gasteiger partial charge < -0.3 is 50.6 Å². The maximum absolute atomic E-state index is 15.4. The van der Waals surface area contributed by atoms with Gasteiger partial charge in [-0.3, -0.25) is 9.59 Å². The van der Waals surface area contributed by atoms with E-state index in [1.54, 1.807) is 20.3 Å². The van der Waals surface area contributed by atoms with E-state index in [-0.39, 0.29) is 110 Å². The summed E-state index contributed by atoms with van der Waals surface area (Å²) < 4.78 is 79.3. The third-order valence-electron chi connectivity index (χ3n) is 23.4. The van der Waals surface area contributed by atoms with Gasteiger partial charge >= 0.3 is 0 Å². The predicted molar refractivity (Wildman–Crippen MR) is 378 cm³/mol. The first-order valence-corrected chi connectivity index (χ1v) is 49.1. The fraction of sp³-hybridized carbons (Fsp3) is 0.887. The lowest BCUT2D eigenvalue weighted by Gasteiger charge is -2.50. The molecule has 0 amide bonds. The molecule has 89 heavy (non-hydrogen) atoms. The highest BCUT2D eigenvalue weighted by molar-refractivity contribution is 6.76. The van der Waals surface area contributed by atoms with Crippen LogP contribution in [-0.4, -0.2) is 159 Å². The lowest BCUT2D eigenvalue weighted by Crippen LogP contribution is -2.60. The van der Waals surface area contributed by atoms with E-state index in [9.17, 15) is 4.79 Å². The van der Waals surface area contributed by atoms with Gasteiger partial charge in [-0.1, -0.05) is 130 Å². The molecule has 18 heteroatoms. The molecule has 5 aliphatic rings. The van der Waals surface area contributed by atoms with Gasteiger partial charge in [-0.2, -0.15) is 0 Å². The van der Waals surface area contributed by atoms with Gasteiger partial charge in [0.15, 0.2) is 47.4 Å². The van der Waals surface area contributed by atoms with Crippen molar-refractivity contribution < 1.29 is 60.1 Å². The number of rotatable bonds is 15. The Balaban J connectivity index is 1.66. The predicted octanol–water partition coefficient (Wildman–Crippen LogP) is 17.8. The molecule has 0 aromatic rings. The topological polar surface area (TPSA) is 136 Å². The Hall–Kier alpha value is -0.796. The largest absolute Gasteiger partial charge is 0.414 e. The molecule has 5 aliphatic heterocycles. The van der Waals surface area contributed by atoms with Gasteiger partial charge in [0.25, 0.3) is 0 Å². The van der Waals surface area contributed by atoms with Gasteiger partial charge in [-0.15, -0.1) is 0 Å². The monoisotopic (exact) mass is 1330 g/mol. The summed E-state index contributed by atoms with van der Waals surface area (Å²) in [4.78, 5) is 29.6. The molecule has 14 unspecified atom stereocenters. The molecule has 0 aromatic heterocycles. The van der Waals surface area contributed by atoms with Crippen molar-refractivity contribution in [3.05, 3.63) is 36.5 Å². The Morgan fingerprint density at radius 2 is 1.09 bits per heavy atom. The summed E-state index contributed by atoms with van der Waals surface area (Å²) in [6.07, 6.45) is 6.22. The maximum atomic E-state index is 15.4. The third-order valence-corrected chi connectivity index (χ3v) is 45.9. The van der Waals surface area contributed by atoms with E-state index in [2.05, 4.69) is 189 Å². The summed E-state index contributed by atoms with van der Waals surface area (Å²) in [5.74, 6) is 0.0619. The normalized spacial score (nSPS) is 33.1. The van der Waals surface area contributed by atoms with Crippen LogP contribution in [0.2, 0.25) is 90.7 Å². The molecule has 516 valence electrons. The number of carbonyl (C=O) groups excluding carboxylic acids is 2. The molecule has 4 fully saturated rings. The molecule has 6 bridgehead atoms. The number of ether oxygens (including phenoxy) is 6. The van der Waals surface area contributed by atoms with Gasteiger partial charge in [0.05, 0.1) is 86.0 Å². The van der Waals surface area contributed by atoms with Gasteiger partial charge in [0.2, 0.25) is 0 Å². The van der Waals surface area contributed by atoms with E-state index >= 15 is 4.79 Å². The molecule has 0 N–H and O–H groups in total. The second-order valence-electron chi connectivity index (χ2n) is 35.6. The summed E-state index contributed by atoms with van der Waals surface area (Å²) >= 11 is 0. The zero-order valence-corrected chi connectivity index (χ0v) is 67.0. The Bertz CT molecular complexity index is 2370. The highest BCUT2D eigenvalue weighted by Crippen LogP contribution is 2.48. The molecular formula is C71H134O13Si5. The minimum Gasteiger partial charge on any atom is -0.414 e. The highest BCUT2D eigenvalue weighted by Gasteiger charge is 2.54. The van der Waals surface area contributed by atoms with Gasteiger partial charge in [0.1, 0.15) is 11.9 Å². The van der Waals surface area contributed by atoms with Gasteiger partial charge in [0, 0.05) is 58.7 Å². The van der Waals surface area contributed by atoms with E-state index < -0.39 is 78.2 Å². The van der Waals surface area contributed by atoms with Crippen LogP contribution in [0.5, 0.6) is 0 Å². The van der Waals surface area contributed by atoms with Crippen molar-refractivity contribution in [2.24, 2.45) is 11.8 Å². The number of methoxy groups -OCH3 is 2. The Morgan fingerprint density at radius 3 is 1.65 bits per heavy atom. The van der Waals surface area contributed by atoms with E-state index in [0.29, 0.717) is 51.6 Å². The van der Waals surface area contributed by atoms with Crippen molar-refractivity contribution in [2.45, 2.75) is 370 Å². The summed E-state index contributed by atoms with van der Waals surface area (Å²) in [7, 11) is -8.59. The molecule has 4 saturated heterocycles. The fourth-order valence-corrected chi connectivity index (χ4v) is 18.6. The summed E-state index contributed by atoms with van der Waals surface area (Å²) in [5.41, 5.74) is 2.13. The Labute approximate surface area is 549 Å². The van der Waals surface area contributed by atoms with E-state index in [4.69, 9.17) is 50.6 Å². The quantitative estimate of drug-likeness (QED) is 0.114. The first kappa shape index (κ1) is 78.9. The van der Waals surface area contributed by atoms with Gasteiger partial charge in [-0.25, -0.2) is 0 Å². The average Bonchev–Trinajstić information content (AvgIpc) is 1.70. The van der Waals surface area contributed by atoms with Crippen LogP contribution >= 0.6 is 0 Å². The molecule has 0 radical (unpaired) electrons. The SMILES string of the molecule is C=C1CC2CCC(=O)/C=C/C(O[Si](C)(C)C(C)(C)C)CC(O[Si](C)(C)C(C)(C)C)C(O[Si](C)(C)C(C)(C)C)C3OC(CC[C@@H]3OC)CC(=O)CC3C(CC4OC(CCC1O2)CC(C)C4=C)OC(CC(CO[Si](C)(C)C(C)(C)C)O[Si](C)(C)C(C)(C)C)[C@@H]3OC. The minimum absolute atomic E-state index is 0.0155. The van der Waals surface area contributed by atoms with Crippen LogP contribution in [0, 0.1) is 11.8 Å². The van der Waals surface area contributed by atoms with Crippen molar-refractivity contribution in [1.29, 1.82) is 0 Å². The number of carbonyl (C=O) groups is 2. The number of ketones is 2. The molecule has 13 nitrogen and oxygen atoms in total. The van der Waals surface area contributed by atoms with Crippen LogP contribution in [0.1, 0.15) is 194 Å². The molecule has 0 aliphatic carbocycles. The summed E-state index contributed by atoms with van der Waals surface area (Å²) in [6.45, 7) is 69.0. The molecule has 5 heterocycles. The Kier molecular flexibility index (Phi) is 26.9. The van der Waals surface area contributed by atoms with Crippen molar-refractivity contribution in [3.8, 4) is 0 Å². The van der Waals surface area contributed by atoms with Crippen LogP contribution in [0.4, 0.5) is 0 Å². The maximum Gasteiger partial charge on any atom is 0.192 e. The number of hydrogen-bond acceptors (Lipinski definition) is 13. The van der Waals surface area contributed by atoms with Crippen LogP contribution in [-0.2, 0) is 60.1 Å². The number of allylic oxidation sites excluding steroid dienone is 1. The second-order valence-corrected chi connectivity index (χ2v) is 59.4. The van der Waals surface area contributed by atoms with E-state index in [1.165, 1.54) is 0 Å². The summed E-state index contributed by atoms with van der Waals surface area (Å²) in [6, 6.07) is 0. The van der Waals surface area contributed by atoms with Crippen LogP contribution in [0.3, 0.4) is 0 Å². The smallest absolute Gasteiger partial charge is 0.192 e. The van der Waals surface area contributed by atoms with Crippen LogP contribution in [0.25, 0.3) is 0 Å². The zero-order valence-electron chi connectivity index (χ0n) is 62.0. The zero-order chi connectivity index (χ0) is 67.6. The molecule has 0 spiro atoms. The average molecular weight is 1340 g/mol. The van der Waals surface area contributed by atoms with Crippen molar-refractivity contribution in [3.63, 3.8) is 0 Å². The molecule has 5 rings (SSSR count). The lowest BCUT2D eigenvalue weighted by atomic mass is 9.81. The first-order chi connectivity index (χ1) is 40.4. The Morgan fingerprint density at radius 1 is 0.551 bits per heavy atom. The summed E-state index contributed by atoms with van der Waals surface area (Å²) in [5, 5.41) is -0.463. The van der Waals surface area contributed by atoms with Gasteiger partial charge in [-0.05, 0) is 159 Å². The van der Waals surface area contributed by atoms with Crippen molar-refractivity contribution in [1.82, 2.24) is 0 Å². The standard InChI is InChI=1S/C71H134O13Si5/c1-47-39-53-35-37-58-48(2)40-52(77-58)33-31-50(72)32-34-55(81-86(23,24)68(7,8)9)43-63(83-88(27,28)70(13,14)15)66(84-89(29,30)71(16,17)18)65-59(74-19)38-36-54(79-65)41-51(73)42-57-61(45-60(78-53)49(47)3)80-62(64(57)75-20)44-56(82-87(25,26)69(10,11)12)46-76-85(21,22)67(4,5)6/h32,34,47,52-66H,2-3,31,33,35-46H2,1,4-30H3/b34-32+/t47?,52?,53?,54?,55?,56?,57?,58?,59-,60?,61?,62?,63?,64+,65?,66?/m0/s1. The number of fused-ring (bicyclic) bond motifs is 7. The first-order valence-electron chi connectivity index (χ1n) is 34.5. The molecular weight excluding hydrogens is 1200 g/mol. The van der Waals surface area contributed by atoms with Crippen molar-refractivity contribution >= 4 is 53.2 Å². The molecule has 0 saturated carbocycles. The van der Waals surface area contributed by atoms with E-state index in [1.807, 2.05) is 6.08 Å². The fourth-order valence-electron chi connectivity index (χ4n) is 12.2. The lowest BCUT2D eigenvalue weighted by molar-refractivity contribution is -0.186. The number of Topliss-reactive ketones (excluding diaryl/α,β-unsaturated/α-hetero) is 1. The molecule has 16 atom stereocenters. The van der Waals surface area contributed by atoms with Crippen LogP contribution in [0.15, 0.2) is 36.5 Å². The van der Waals surface area contributed by atoms with Crippen molar-refractivity contribution in [2.75, 3.05) is 20.8 Å². The van der Waals surface area contributed by atoms with Crippen LogP contribution < -0.4 is 0 Å². The molecule has 0 aromatic carbocycles.